The minimum absolute atomic E-state index is 0.0508. The van der Waals surface area contributed by atoms with Crippen molar-refractivity contribution in [3.63, 3.8) is 0 Å². The Kier molecular flexibility index (Phi) is 6.11. The first-order valence-electron chi connectivity index (χ1n) is 7.35. The highest BCUT2D eigenvalue weighted by atomic mass is 16.5. The average molecular weight is 310 g/mol. The van der Waals surface area contributed by atoms with Gasteiger partial charge in [0.2, 0.25) is 17.7 Å². The summed E-state index contributed by atoms with van der Waals surface area (Å²) in [4.78, 5) is 24.8. The molecule has 0 unspecified atom stereocenters. The lowest BCUT2D eigenvalue weighted by atomic mass is 9.92. The van der Waals surface area contributed by atoms with Crippen molar-refractivity contribution in [3.05, 3.63) is 11.8 Å². The Labute approximate surface area is 131 Å². The molecule has 0 fully saturated rings. The zero-order valence-corrected chi connectivity index (χ0v) is 14.0. The van der Waals surface area contributed by atoms with Crippen LogP contribution in [0, 0.1) is 5.92 Å². The highest BCUT2D eigenvalue weighted by Crippen LogP contribution is 2.23. The molecule has 7 heteroatoms. The van der Waals surface area contributed by atoms with Gasteiger partial charge < -0.3 is 10.3 Å². The number of carbonyl (C=O) groups excluding carboxylic acids is 2. The van der Waals surface area contributed by atoms with Crippen LogP contribution in [0.2, 0.25) is 0 Å². The second-order valence-corrected chi connectivity index (χ2v) is 6.90. The molecule has 1 aromatic rings. The Balaban J connectivity index is 2.63. The smallest absolute Gasteiger partial charge is 0.240 e. The van der Waals surface area contributed by atoms with Crippen LogP contribution in [-0.4, -0.2) is 41.5 Å². The lowest BCUT2D eigenvalue weighted by Gasteiger charge is -2.21. The fraction of sp³-hybridized carbons (Fsp3) is 0.667. The average Bonchev–Trinajstić information content (AvgIpc) is 2.74. The minimum Gasteiger partial charge on any atom is -0.369 e. The molecule has 2 amide bonds. The predicted octanol–water partition coefficient (Wildman–Crippen LogP) is 1.35. The summed E-state index contributed by atoms with van der Waals surface area (Å²) in [6.45, 7) is 10.8. The molecule has 0 radical (unpaired) electrons. The third-order valence-corrected chi connectivity index (χ3v) is 2.91. The van der Waals surface area contributed by atoms with Crippen LogP contribution in [0.25, 0.3) is 0 Å². The molecule has 7 nitrogen and oxygen atoms in total. The van der Waals surface area contributed by atoms with Crippen LogP contribution in [0.3, 0.4) is 0 Å². The zero-order valence-electron chi connectivity index (χ0n) is 14.0. The number of amides is 2. The first-order chi connectivity index (χ1) is 10.1. The molecule has 1 heterocycles. The number of aromatic nitrogens is 1. The summed E-state index contributed by atoms with van der Waals surface area (Å²) in [5, 5.41) is 6.59. The van der Waals surface area contributed by atoms with E-state index >= 15 is 0 Å². The van der Waals surface area contributed by atoms with Crippen LogP contribution in [-0.2, 0) is 15.0 Å². The molecule has 0 spiro atoms. The molecule has 0 aliphatic carbocycles. The Morgan fingerprint density at radius 1 is 1.36 bits per heavy atom. The Hall–Kier alpha value is -1.89. The number of carbonyl (C=O) groups is 2. The van der Waals surface area contributed by atoms with E-state index in [-0.39, 0.29) is 24.4 Å². The van der Waals surface area contributed by atoms with Gasteiger partial charge in [-0.25, -0.2) is 0 Å². The highest BCUT2D eigenvalue weighted by molar-refractivity contribution is 5.91. The van der Waals surface area contributed by atoms with Crippen molar-refractivity contribution in [2.45, 2.75) is 40.0 Å². The summed E-state index contributed by atoms with van der Waals surface area (Å²) in [5.74, 6) is -0.0925. The van der Waals surface area contributed by atoms with E-state index in [2.05, 4.69) is 10.5 Å². The number of hydrogen-bond donors (Lipinski definition) is 2. The maximum Gasteiger partial charge on any atom is 0.240 e. The van der Waals surface area contributed by atoms with E-state index in [1.165, 1.54) is 0 Å². The number of nitrogens with two attached hydrogens (primary N) is 1. The molecule has 22 heavy (non-hydrogen) atoms. The number of rotatable bonds is 7. The molecule has 0 saturated carbocycles. The lowest BCUT2D eigenvalue weighted by Crippen LogP contribution is -2.41. The minimum atomic E-state index is -0.455. The third kappa shape index (κ3) is 6.26. The second-order valence-electron chi connectivity index (χ2n) is 6.90. The van der Waals surface area contributed by atoms with Crippen LogP contribution in [0.4, 0.5) is 5.88 Å². The third-order valence-electron chi connectivity index (χ3n) is 2.91. The fourth-order valence-corrected chi connectivity index (χ4v) is 1.99. The highest BCUT2D eigenvalue weighted by Gasteiger charge is 2.20. The van der Waals surface area contributed by atoms with Crippen LogP contribution in [0.1, 0.15) is 40.3 Å². The summed E-state index contributed by atoms with van der Waals surface area (Å²) in [7, 11) is 0. The summed E-state index contributed by atoms with van der Waals surface area (Å²) < 4.78 is 5.11. The van der Waals surface area contributed by atoms with Gasteiger partial charge in [-0.15, -0.1) is 0 Å². The van der Waals surface area contributed by atoms with Crippen molar-refractivity contribution in [3.8, 4) is 0 Å². The molecule has 124 valence electrons. The van der Waals surface area contributed by atoms with Crippen molar-refractivity contribution in [1.29, 1.82) is 0 Å². The Morgan fingerprint density at radius 2 is 2.00 bits per heavy atom. The standard InChI is InChI=1S/C15H26N4O3/c1-10(2)7-19(8-12(16)20)9-13(21)17-14-6-11(18-22-14)15(3,4)5/h6,10H,7-9H2,1-5H3,(H2,16,20)(H,17,21). The molecule has 0 aliphatic rings. The van der Waals surface area contributed by atoms with Gasteiger partial charge in [-0.1, -0.05) is 39.8 Å². The van der Waals surface area contributed by atoms with Gasteiger partial charge in [-0.3, -0.25) is 19.8 Å². The molecular formula is C15H26N4O3. The van der Waals surface area contributed by atoms with Gasteiger partial charge in [-0.2, -0.15) is 0 Å². The van der Waals surface area contributed by atoms with E-state index in [0.29, 0.717) is 18.3 Å². The number of primary amides is 1. The van der Waals surface area contributed by atoms with Crippen molar-refractivity contribution >= 4 is 17.7 Å². The number of nitrogens with one attached hydrogen (secondary N) is 1. The zero-order chi connectivity index (χ0) is 16.9. The van der Waals surface area contributed by atoms with E-state index in [1.807, 2.05) is 34.6 Å². The predicted molar refractivity (Wildman–Crippen MR) is 84.3 cm³/mol. The van der Waals surface area contributed by atoms with E-state index in [1.54, 1.807) is 11.0 Å². The molecule has 0 bridgehead atoms. The van der Waals surface area contributed by atoms with Gasteiger partial charge in [0.05, 0.1) is 18.8 Å². The van der Waals surface area contributed by atoms with Crippen LogP contribution >= 0.6 is 0 Å². The first kappa shape index (κ1) is 18.2. The van der Waals surface area contributed by atoms with Gasteiger partial charge in [0.15, 0.2) is 0 Å². The van der Waals surface area contributed by atoms with Gasteiger partial charge in [-0.05, 0) is 5.92 Å². The monoisotopic (exact) mass is 310 g/mol. The fourth-order valence-electron chi connectivity index (χ4n) is 1.99. The second kappa shape index (κ2) is 7.40. The molecular weight excluding hydrogens is 284 g/mol. The largest absolute Gasteiger partial charge is 0.369 e. The molecule has 0 saturated heterocycles. The Bertz CT molecular complexity index is 517. The van der Waals surface area contributed by atoms with E-state index in [0.717, 1.165) is 5.69 Å². The number of hydrogen-bond acceptors (Lipinski definition) is 5. The van der Waals surface area contributed by atoms with E-state index in [9.17, 15) is 9.59 Å². The topological polar surface area (TPSA) is 101 Å². The summed E-state index contributed by atoms with van der Waals surface area (Å²) >= 11 is 0. The van der Waals surface area contributed by atoms with Crippen molar-refractivity contribution in [1.82, 2.24) is 10.1 Å². The van der Waals surface area contributed by atoms with Crippen molar-refractivity contribution in [2.24, 2.45) is 11.7 Å². The summed E-state index contributed by atoms with van der Waals surface area (Å²) in [5.41, 5.74) is 5.82. The van der Waals surface area contributed by atoms with Crippen LogP contribution < -0.4 is 11.1 Å². The van der Waals surface area contributed by atoms with Crippen LogP contribution in [0.5, 0.6) is 0 Å². The SMILES string of the molecule is CC(C)CN(CC(N)=O)CC(=O)Nc1cc(C(C)(C)C)no1. The van der Waals surface area contributed by atoms with Gasteiger partial charge in [0.1, 0.15) is 0 Å². The van der Waals surface area contributed by atoms with Crippen molar-refractivity contribution in [2.75, 3.05) is 25.0 Å². The number of anilines is 1. The maximum absolute atomic E-state index is 12.1. The molecule has 1 aromatic heterocycles. The van der Waals surface area contributed by atoms with E-state index < -0.39 is 5.91 Å². The van der Waals surface area contributed by atoms with Crippen molar-refractivity contribution < 1.29 is 14.1 Å². The Morgan fingerprint density at radius 3 is 2.45 bits per heavy atom. The quantitative estimate of drug-likeness (QED) is 0.791. The normalized spacial score (nSPS) is 12.0. The maximum atomic E-state index is 12.1. The van der Waals surface area contributed by atoms with E-state index in [4.69, 9.17) is 10.3 Å². The molecule has 3 N–H and O–H groups in total. The lowest BCUT2D eigenvalue weighted by molar-refractivity contribution is -0.121. The summed E-state index contributed by atoms with van der Waals surface area (Å²) in [6.07, 6.45) is 0. The van der Waals surface area contributed by atoms with Crippen LogP contribution in [0.15, 0.2) is 10.6 Å². The molecule has 0 aliphatic heterocycles. The van der Waals surface area contributed by atoms with Gasteiger partial charge >= 0.3 is 0 Å². The summed E-state index contributed by atoms with van der Waals surface area (Å²) in [6, 6.07) is 1.71. The van der Waals surface area contributed by atoms with Gasteiger partial charge in [0, 0.05) is 18.0 Å². The van der Waals surface area contributed by atoms with Gasteiger partial charge in [0.25, 0.3) is 0 Å². The first-order valence-corrected chi connectivity index (χ1v) is 7.35. The number of nitrogens with zero attached hydrogens (tertiary/aromatic N) is 2. The molecule has 0 aromatic carbocycles. The molecule has 1 rings (SSSR count). The molecule has 0 atom stereocenters.